The molecule has 0 saturated carbocycles. The number of allylic oxidation sites excluding steroid dienone is 2. The van der Waals surface area contributed by atoms with Gasteiger partial charge in [0.2, 0.25) is 0 Å². The molecule has 18 heavy (non-hydrogen) atoms. The Labute approximate surface area is 132 Å². The fourth-order valence-electron chi connectivity index (χ4n) is 2.44. The third-order valence-electron chi connectivity index (χ3n) is 3.38. The summed E-state index contributed by atoms with van der Waals surface area (Å²) < 4.78 is 0. The lowest BCUT2D eigenvalue weighted by atomic mass is 9.79. The maximum absolute atomic E-state index is 6.04. The van der Waals surface area contributed by atoms with Gasteiger partial charge in [0.05, 0.1) is 0 Å². The van der Waals surface area contributed by atoms with Gasteiger partial charge in [0.15, 0.2) is 0 Å². The fourth-order valence-corrected chi connectivity index (χ4v) is 3.11. The van der Waals surface area contributed by atoms with Crippen LogP contribution in [-0.4, -0.2) is 23.5 Å². The zero-order valence-electron chi connectivity index (χ0n) is 11.6. The summed E-state index contributed by atoms with van der Waals surface area (Å²) in [4.78, 5) is 0. The summed E-state index contributed by atoms with van der Waals surface area (Å²) in [5, 5.41) is 0. The normalized spacial score (nSPS) is 18.0. The topological polar surface area (TPSA) is 0 Å². The molecule has 0 heterocycles. The summed E-state index contributed by atoms with van der Waals surface area (Å²) >= 11 is 24.2. The minimum absolute atomic E-state index is 0.312. The molecule has 0 aliphatic carbocycles. The van der Waals surface area contributed by atoms with Crippen LogP contribution in [0.1, 0.15) is 27.7 Å². The van der Waals surface area contributed by atoms with Gasteiger partial charge >= 0.3 is 0 Å². The quantitative estimate of drug-likeness (QED) is 0.390. The molecule has 0 saturated heterocycles. The molecular weight excluding hydrogens is 310 g/mol. The first-order valence-corrected chi connectivity index (χ1v) is 8.55. The van der Waals surface area contributed by atoms with E-state index in [1.54, 1.807) is 0 Å². The van der Waals surface area contributed by atoms with E-state index in [0.717, 1.165) is 0 Å². The standard InChI is InChI=1S/C14H24Cl4/c1-9(5-15)13(10(2)6-16)14(11(3)7-17)12(4)8-18/h9-12H,5-8H2,1-4H3. The Balaban J connectivity index is 5.66. The van der Waals surface area contributed by atoms with Gasteiger partial charge in [0, 0.05) is 23.5 Å². The van der Waals surface area contributed by atoms with Crippen molar-refractivity contribution < 1.29 is 0 Å². The molecule has 0 aromatic heterocycles. The van der Waals surface area contributed by atoms with E-state index in [1.165, 1.54) is 11.1 Å². The van der Waals surface area contributed by atoms with Crippen LogP contribution < -0.4 is 0 Å². The van der Waals surface area contributed by atoms with Crippen LogP contribution in [0.2, 0.25) is 0 Å². The van der Waals surface area contributed by atoms with Crippen LogP contribution in [0.25, 0.3) is 0 Å². The summed E-state index contributed by atoms with van der Waals surface area (Å²) in [5.41, 5.74) is 2.70. The lowest BCUT2D eigenvalue weighted by Gasteiger charge is -2.30. The Morgan fingerprint density at radius 1 is 0.556 bits per heavy atom. The van der Waals surface area contributed by atoms with Crippen LogP contribution >= 0.6 is 46.4 Å². The molecule has 0 aliphatic heterocycles. The van der Waals surface area contributed by atoms with E-state index in [-0.39, 0.29) is 0 Å². The summed E-state index contributed by atoms with van der Waals surface area (Å²) in [6.45, 7) is 8.58. The first kappa shape index (κ1) is 18.9. The molecular formula is C14H24Cl4. The van der Waals surface area contributed by atoms with Crippen LogP contribution in [0.15, 0.2) is 11.1 Å². The molecule has 0 spiro atoms. The van der Waals surface area contributed by atoms with Crippen molar-refractivity contribution in [2.45, 2.75) is 27.7 Å². The molecule has 0 N–H and O–H groups in total. The van der Waals surface area contributed by atoms with Crippen LogP contribution in [0.4, 0.5) is 0 Å². The van der Waals surface area contributed by atoms with Crippen molar-refractivity contribution in [3.63, 3.8) is 0 Å². The van der Waals surface area contributed by atoms with Crippen LogP contribution in [0, 0.1) is 23.7 Å². The van der Waals surface area contributed by atoms with Crippen molar-refractivity contribution in [1.29, 1.82) is 0 Å². The smallest absolute Gasteiger partial charge is 0.0286 e. The molecule has 0 rings (SSSR count). The summed E-state index contributed by atoms with van der Waals surface area (Å²) in [6, 6.07) is 0. The van der Waals surface area contributed by atoms with Crippen LogP contribution in [0.3, 0.4) is 0 Å². The highest BCUT2D eigenvalue weighted by molar-refractivity contribution is 6.19. The van der Waals surface area contributed by atoms with Gasteiger partial charge in [-0.05, 0) is 23.7 Å². The number of alkyl halides is 4. The Kier molecular flexibility index (Phi) is 10.2. The highest BCUT2D eigenvalue weighted by Crippen LogP contribution is 2.34. The minimum Gasteiger partial charge on any atom is -0.126 e. The third-order valence-corrected chi connectivity index (χ3v) is 5.23. The van der Waals surface area contributed by atoms with Crippen LogP contribution in [-0.2, 0) is 0 Å². The first-order valence-electron chi connectivity index (χ1n) is 6.42. The van der Waals surface area contributed by atoms with Crippen molar-refractivity contribution in [3.8, 4) is 0 Å². The molecule has 4 atom stereocenters. The van der Waals surface area contributed by atoms with Gasteiger partial charge in [0.1, 0.15) is 0 Å². The largest absolute Gasteiger partial charge is 0.126 e. The van der Waals surface area contributed by atoms with E-state index < -0.39 is 0 Å². The lowest BCUT2D eigenvalue weighted by molar-refractivity contribution is 0.545. The predicted molar refractivity (Wildman–Crippen MR) is 86.6 cm³/mol. The second-order valence-electron chi connectivity index (χ2n) is 5.13. The summed E-state index contributed by atoms with van der Waals surface area (Å²) in [5.74, 6) is 3.65. The van der Waals surface area contributed by atoms with Gasteiger partial charge in [-0.3, -0.25) is 0 Å². The lowest BCUT2D eigenvalue weighted by Crippen LogP contribution is -2.22. The van der Waals surface area contributed by atoms with E-state index in [0.29, 0.717) is 47.2 Å². The highest BCUT2D eigenvalue weighted by atomic mass is 35.5. The van der Waals surface area contributed by atoms with Gasteiger partial charge in [-0.1, -0.05) is 38.8 Å². The van der Waals surface area contributed by atoms with Crippen molar-refractivity contribution in [3.05, 3.63) is 11.1 Å². The number of hydrogen-bond donors (Lipinski definition) is 0. The van der Waals surface area contributed by atoms with Crippen molar-refractivity contribution in [2.24, 2.45) is 23.7 Å². The Morgan fingerprint density at radius 2 is 0.722 bits per heavy atom. The summed E-state index contributed by atoms with van der Waals surface area (Å²) in [7, 11) is 0. The second kappa shape index (κ2) is 9.75. The molecule has 0 radical (unpaired) electrons. The van der Waals surface area contributed by atoms with Crippen molar-refractivity contribution >= 4 is 46.4 Å². The summed E-state index contributed by atoms with van der Waals surface area (Å²) in [6.07, 6.45) is 0. The molecule has 0 aromatic carbocycles. The van der Waals surface area contributed by atoms with Crippen LogP contribution in [0.5, 0.6) is 0 Å². The Bertz CT molecular complexity index is 213. The van der Waals surface area contributed by atoms with Gasteiger partial charge < -0.3 is 0 Å². The zero-order chi connectivity index (χ0) is 14.3. The molecule has 0 fully saturated rings. The van der Waals surface area contributed by atoms with Gasteiger partial charge in [0.25, 0.3) is 0 Å². The molecule has 108 valence electrons. The molecule has 4 unspecified atom stereocenters. The van der Waals surface area contributed by atoms with E-state index in [9.17, 15) is 0 Å². The maximum Gasteiger partial charge on any atom is 0.0286 e. The van der Waals surface area contributed by atoms with E-state index in [4.69, 9.17) is 46.4 Å². The third kappa shape index (κ3) is 5.12. The molecule has 4 heteroatoms. The van der Waals surface area contributed by atoms with Crippen molar-refractivity contribution in [2.75, 3.05) is 23.5 Å². The SMILES string of the molecule is CC(CCl)C(=C(C(C)CCl)C(C)CCl)C(C)CCl. The van der Waals surface area contributed by atoms with E-state index in [1.807, 2.05) is 0 Å². The minimum atomic E-state index is 0.312. The Morgan fingerprint density at radius 3 is 0.833 bits per heavy atom. The zero-order valence-corrected chi connectivity index (χ0v) is 14.7. The number of halogens is 4. The van der Waals surface area contributed by atoms with Gasteiger partial charge in [-0.15, -0.1) is 46.4 Å². The van der Waals surface area contributed by atoms with Gasteiger partial charge in [-0.25, -0.2) is 0 Å². The monoisotopic (exact) mass is 332 g/mol. The highest BCUT2D eigenvalue weighted by Gasteiger charge is 2.25. The molecule has 0 aliphatic rings. The van der Waals surface area contributed by atoms with E-state index in [2.05, 4.69) is 27.7 Å². The maximum atomic E-state index is 6.04. The predicted octanol–water partition coefficient (Wildman–Crippen LogP) is 5.78. The fraction of sp³-hybridized carbons (Fsp3) is 0.857. The average Bonchev–Trinajstić information content (AvgIpc) is 2.41. The molecule has 0 amide bonds. The second-order valence-corrected chi connectivity index (χ2v) is 6.37. The first-order chi connectivity index (χ1) is 8.44. The molecule has 0 aromatic rings. The van der Waals surface area contributed by atoms with E-state index >= 15 is 0 Å². The molecule has 0 nitrogen and oxygen atoms in total. The van der Waals surface area contributed by atoms with Crippen molar-refractivity contribution in [1.82, 2.24) is 0 Å². The molecule has 0 bridgehead atoms. The Hall–Kier alpha value is 0.900. The average molecular weight is 334 g/mol. The number of hydrogen-bond acceptors (Lipinski definition) is 0. The number of rotatable bonds is 8. The van der Waals surface area contributed by atoms with Gasteiger partial charge in [-0.2, -0.15) is 0 Å².